The molecule has 7 aliphatic rings. The number of nitrogens with one attached hydrogen (secondary N) is 3. The number of hydrogen-bond donors (Lipinski definition) is 3. The molecule has 1 aromatic carbocycles. The van der Waals surface area contributed by atoms with Gasteiger partial charge in [-0.1, -0.05) is 0 Å². The zero-order chi connectivity index (χ0) is 47.9. The van der Waals surface area contributed by atoms with Gasteiger partial charge >= 0.3 is 0 Å². The summed E-state index contributed by atoms with van der Waals surface area (Å²) in [5.41, 5.74) is 8.59. The molecule has 4 atom stereocenters. The van der Waals surface area contributed by atoms with E-state index in [4.69, 9.17) is 19.7 Å². The topological polar surface area (TPSA) is 186 Å². The third-order valence-electron chi connectivity index (χ3n) is 15.7. The van der Waals surface area contributed by atoms with Gasteiger partial charge in [0.2, 0.25) is 11.8 Å². The highest BCUT2D eigenvalue weighted by Gasteiger charge is 2.48. The van der Waals surface area contributed by atoms with Crippen molar-refractivity contribution in [3.05, 3.63) is 92.6 Å². The Labute approximate surface area is 409 Å². The fourth-order valence-electron chi connectivity index (χ4n) is 12.1. The fraction of sp³-hybridized carbons (Fsp3) is 0.423. The van der Waals surface area contributed by atoms with E-state index in [9.17, 15) is 24.0 Å². The summed E-state index contributed by atoms with van der Waals surface area (Å²) in [7, 11) is 1.85. The molecule has 12 rings (SSSR count). The first-order valence-electron chi connectivity index (χ1n) is 24.7. The number of pyridine rings is 3. The van der Waals surface area contributed by atoms with Crippen molar-refractivity contribution in [2.24, 2.45) is 0 Å². The lowest BCUT2D eigenvalue weighted by atomic mass is 9.92. The molecule has 1 aliphatic carbocycles. The molecule has 4 aromatic heterocycles. The van der Waals surface area contributed by atoms with Crippen LogP contribution in [0.3, 0.4) is 0 Å². The van der Waals surface area contributed by atoms with Crippen LogP contribution in [0.5, 0.6) is 5.75 Å². The summed E-state index contributed by atoms with van der Waals surface area (Å²) in [6, 6.07) is 11.4. The highest BCUT2D eigenvalue weighted by Crippen LogP contribution is 2.46. The Kier molecular flexibility index (Phi) is 11.1. The van der Waals surface area contributed by atoms with Crippen molar-refractivity contribution in [1.29, 1.82) is 0 Å². The van der Waals surface area contributed by atoms with Crippen LogP contribution in [0.2, 0.25) is 0 Å². The molecular weight excluding hydrogens is 907 g/mol. The van der Waals surface area contributed by atoms with Crippen molar-refractivity contribution in [2.45, 2.75) is 95.8 Å². The van der Waals surface area contributed by atoms with Crippen LogP contribution in [-0.4, -0.2) is 125 Å². The minimum absolute atomic E-state index is 0.0590. The van der Waals surface area contributed by atoms with Crippen LogP contribution in [0.1, 0.15) is 97.4 Å². The predicted molar refractivity (Wildman–Crippen MR) is 267 cm³/mol. The lowest BCUT2D eigenvalue weighted by Gasteiger charge is -2.50. The van der Waals surface area contributed by atoms with E-state index in [1.807, 2.05) is 49.5 Å². The number of benzene rings is 1. The second-order valence-corrected chi connectivity index (χ2v) is 20.7. The van der Waals surface area contributed by atoms with Crippen LogP contribution < -0.4 is 35.4 Å². The highest BCUT2D eigenvalue weighted by atomic mass is 32.1. The SMILES string of the molecule is CNc1ncc(-c2ccnc(N3CCc4c(sc5c4CCCC5)C3=O)c2C)cc1Nc1ccc(N2CCN(C3CCN4c5ccc6c(c5OCC4C3)C(=O)N(C3CCC(=O)NC3=O)C6=O)C[C@@H]2C)cn1. The van der Waals surface area contributed by atoms with Gasteiger partial charge in [-0.2, -0.15) is 0 Å². The van der Waals surface area contributed by atoms with E-state index >= 15 is 0 Å². The molecule has 3 unspecified atom stereocenters. The number of aryl methyl sites for hydroxylation is 1. The van der Waals surface area contributed by atoms with Crippen molar-refractivity contribution in [1.82, 2.24) is 30.1 Å². The van der Waals surface area contributed by atoms with E-state index in [1.165, 1.54) is 28.8 Å². The first-order valence-corrected chi connectivity index (χ1v) is 25.5. The van der Waals surface area contributed by atoms with Crippen LogP contribution in [0.25, 0.3) is 11.1 Å². The number of carbonyl (C=O) groups excluding carboxylic acids is 5. The lowest BCUT2D eigenvalue weighted by Crippen LogP contribution is -2.59. The molecule has 10 heterocycles. The Bertz CT molecular complexity index is 3010. The van der Waals surface area contributed by atoms with Crippen molar-refractivity contribution < 1.29 is 28.7 Å². The van der Waals surface area contributed by atoms with Crippen molar-refractivity contribution >= 4 is 75.4 Å². The number of imide groups is 2. The van der Waals surface area contributed by atoms with Crippen molar-refractivity contribution in [3.8, 4) is 16.9 Å². The molecule has 0 spiro atoms. The summed E-state index contributed by atoms with van der Waals surface area (Å²) in [5.74, 6) is 0.430. The zero-order valence-corrected chi connectivity index (χ0v) is 40.4. The Hall–Kier alpha value is -6.92. The van der Waals surface area contributed by atoms with Crippen LogP contribution in [0.15, 0.2) is 55.0 Å². The summed E-state index contributed by atoms with van der Waals surface area (Å²) >= 11 is 1.69. The monoisotopic (exact) mass is 961 g/mol. The number of rotatable bonds is 8. The van der Waals surface area contributed by atoms with Crippen LogP contribution >= 0.6 is 11.3 Å². The summed E-state index contributed by atoms with van der Waals surface area (Å²) < 4.78 is 6.35. The summed E-state index contributed by atoms with van der Waals surface area (Å²) in [4.78, 5) is 92.5. The number of hydrogen-bond acceptors (Lipinski definition) is 15. The third-order valence-corrected chi connectivity index (χ3v) is 17.0. The Morgan fingerprint density at radius 2 is 1.69 bits per heavy atom. The minimum Gasteiger partial charge on any atom is -0.488 e. The van der Waals surface area contributed by atoms with Gasteiger partial charge < -0.3 is 25.2 Å². The highest BCUT2D eigenvalue weighted by molar-refractivity contribution is 7.14. The van der Waals surface area contributed by atoms with Gasteiger partial charge in [-0.15, -0.1) is 11.3 Å². The van der Waals surface area contributed by atoms with E-state index in [1.54, 1.807) is 23.6 Å². The first kappa shape index (κ1) is 44.3. The number of amides is 5. The summed E-state index contributed by atoms with van der Waals surface area (Å²) in [6.45, 7) is 8.76. The molecule has 18 heteroatoms. The quantitative estimate of drug-likeness (QED) is 0.151. The molecule has 360 valence electrons. The predicted octanol–water partition coefficient (Wildman–Crippen LogP) is 6.12. The molecule has 6 aliphatic heterocycles. The van der Waals surface area contributed by atoms with Gasteiger partial charge in [-0.3, -0.25) is 44.0 Å². The Morgan fingerprint density at radius 3 is 2.50 bits per heavy atom. The van der Waals surface area contributed by atoms with E-state index < -0.39 is 29.7 Å². The molecule has 3 fully saturated rings. The maximum atomic E-state index is 14.0. The number of ether oxygens (including phenoxy) is 1. The number of piperazine rings is 1. The van der Waals surface area contributed by atoms with Crippen molar-refractivity contribution in [3.63, 3.8) is 0 Å². The molecule has 70 heavy (non-hydrogen) atoms. The average Bonchev–Trinajstić information content (AvgIpc) is 3.88. The first-order chi connectivity index (χ1) is 34.0. The number of carbonyl (C=O) groups is 5. The zero-order valence-electron chi connectivity index (χ0n) is 39.5. The Balaban J connectivity index is 0.687. The largest absolute Gasteiger partial charge is 0.488 e. The molecular formula is C52H55N11O6S. The maximum absolute atomic E-state index is 14.0. The van der Waals surface area contributed by atoms with E-state index in [0.717, 1.165) is 102 Å². The molecule has 3 N–H and O–H groups in total. The second-order valence-electron chi connectivity index (χ2n) is 19.6. The molecule has 0 saturated carbocycles. The number of thiophene rings is 1. The van der Waals surface area contributed by atoms with E-state index in [2.05, 4.69) is 49.7 Å². The van der Waals surface area contributed by atoms with E-state index in [0.29, 0.717) is 42.4 Å². The third kappa shape index (κ3) is 7.36. The lowest BCUT2D eigenvalue weighted by molar-refractivity contribution is -0.136. The average molecular weight is 962 g/mol. The van der Waals surface area contributed by atoms with Gasteiger partial charge in [0.15, 0.2) is 5.75 Å². The molecule has 3 saturated heterocycles. The second kappa shape index (κ2) is 17.5. The number of aromatic nitrogens is 3. The Morgan fingerprint density at radius 1 is 0.814 bits per heavy atom. The van der Waals surface area contributed by atoms with Crippen LogP contribution in [0.4, 0.5) is 34.5 Å². The van der Waals surface area contributed by atoms with Crippen molar-refractivity contribution in [2.75, 3.05) is 71.7 Å². The number of fused-ring (bicyclic) bond motifs is 8. The van der Waals surface area contributed by atoms with Crippen LogP contribution in [0, 0.1) is 6.92 Å². The summed E-state index contributed by atoms with van der Waals surface area (Å²) in [5, 5.41) is 9.00. The standard InChI is InChI=1S/C52H55N11O6S/c1-28-26-59(31-15-18-61-33(23-31)27-69-45-39(61)10-9-37-44(45)51(67)63(50(37)66)40-11-13-43(64)58-49(40)65)20-21-60(28)32-8-12-42(55-25-32)57-38-22-30(24-56-47(38)53-3)34-14-17-54-48(29(34)2)62-19-16-36-35-6-4-5-7-41(35)70-46(36)52(62)68/h8-10,12,14,17,22,24-25,28,31,33,40H,4-7,11,13,15-16,18-21,23,26-27H2,1-3H3,(H,53,56)(H,55,57)(H,58,64,65)/t28-,31?,33?,40?/m0/s1. The van der Waals surface area contributed by atoms with Gasteiger partial charge in [-0.05, 0) is 124 Å². The number of anilines is 6. The van der Waals surface area contributed by atoms with Gasteiger partial charge in [-0.25, -0.2) is 15.0 Å². The number of nitrogens with zero attached hydrogens (tertiary/aromatic N) is 8. The van der Waals surface area contributed by atoms with Gasteiger partial charge in [0, 0.05) is 81.1 Å². The van der Waals surface area contributed by atoms with Gasteiger partial charge in [0.1, 0.15) is 30.1 Å². The fourth-order valence-corrected chi connectivity index (χ4v) is 13.5. The van der Waals surface area contributed by atoms with E-state index in [-0.39, 0.29) is 42.0 Å². The molecule has 17 nitrogen and oxygen atoms in total. The van der Waals surface area contributed by atoms with Gasteiger partial charge in [0.05, 0.1) is 45.3 Å². The number of piperidine rings is 2. The van der Waals surface area contributed by atoms with Gasteiger partial charge in [0.25, 0.3) is 17.7 Å². The smallest absolute Gasteiger partial charge is 0.269 e. The molecule has 0 bridgehead atoms. The summed E-state index contributed by atoms with van der Waals surface area (Å²) in [6.07, 6.45) is 13.0. The van der Waals surface area contributed by atoms with Crippen LogP contribution in [-0.2, 0) is 28.9 Å². The maximum Gasteiger partial charge on any atom is 0.269 e. The minimum atomic E-state index is -1.03. The normalized spacial score (nSPS) is 23.3. The molecule has 5 amide bonds. The molecule has 5 aromatic rings. The molecule has 0 radical (unpaired) electrons.